The zero-order valence-electron chi connectivity index (χ0n) is 16.6. The van der Waals surface area contributed by atoms with Crippen molar-refractivity contribution in [2.24, 2.45) is 0 Å². The minimum Gasteiger partial charge on any atom is -0.452 e. The third kappa shape index (κ3) is 6.39. The molecule has 2 rings (SSSR count). The van der Waals surface area contributed by atoms with Crippen LogP contribution in [0.4, 0.5) is 5.69 Å². The summed E-state index contributed by atoms with van der Waals surface area (Å²) in [6, 6.07) is 11.6. The number of anilines is 1. The first-order valence-electron chi connectivity index (χ1n) is 9.15. The van der Waals surface area contributed by atoms with E-state index >= 15 is 0 Å². The Morgan fingerprint density at radius 2 is 1.70 bits per heavy atom. The first kappa shape index (κ1) is 23.0. The Labute approximate surface area is 174 Å². The number of rotatable bonds is 9. The molecule has 2 aromatic carbocycles. The van der Waals surface area contributed by atoms with Gasteiger partial charge < -0.3 is 15.4 Å². The molecule has 0 aliphatic heterocycles. The Bertz CT molecular complexity index is 1040. The number of hydrogen-bond donors (Lipinski definition) is 3. The third-order valence-electron chi connectivity index (χ3n) is 3.89. The fourth-order valence-electron chi connectivity index (χ4n) is 2.40. The average molecular weight is 433 g/mol. The molecule has 0 radical (unpaired) electrons. The zero-order valence-corrected chi connectivity index (χ0v) is 17.4. The van der Waals surface area contributed by atoms with Gasteiger partial charge in [-0.25, -0.2) is 17.9 Å². The van der Waals surface area contributed by atoms with Gasteiger partial charge in [0.05, 0.1) is 10.5 Å². The van der Waals surface area contributed by atoms with Crippen LogP contribution >= 0.6 is 0 Å². The van der Waals surface area contributed by atoms with Crippen LogP contribution in [0.5, 0.6) is 0 Å². The Morgan fingerprint density at radius 1 is 1.00 bits per heavy atom. The van der Waals surface area contributed by atoms with Crippen molar-refractivity contribution in [1.29, 1.82) is 0 Å². The van der Waals surface area contributed by atoms with Gasteiger partial charge in [0.2, 0.25) is 10.0 Å². The molecule has 0 atom stereocenters. The number of esters is 1. The first-order chi connectivity index (χ1) is 14.3. The highest BCUT2D eigenvalue weighted by Gasteiger charge is 2.17. The summed E-state index contributed by atoms with van der Waals surface area (Å²) in [4.78, 5) is 35.8. The van der Waals surface area contributed by atoms with E-state index in [1.54, 1.807) is 18.2 Å². The van der Waals surface area contributed by atoms with E-state index in [4.69, 9.17) is 4.74 Å². The highest BCUT2D eigenvalue weighted by Crippen LogP contribution is 2.13. The lowest BCUT2D eigenvalue weighted by Crippen LogP contribution is -2.25. The summed E-state index contributed by atoms with van der Waals surface area (Å²) in [7, 11) is -2.24. The predicted octanol–water partition coefficient (Wildman–Crippen LogP) is 1.53. The molecule has 0 bridgehead atoms. The van der Waals surface area contributed by atoms with Crippen LogP contribution < -0.4 is 15.4 Å². The standard InChI is InChI=1S/C20H23N3O6S/c1-3-10-22-30(27,28)17-9-5-7-15(12-17)20(26)29-13-18(24)23-16-8-4-6-14(11-16)19(25)21-2/h4-9,11-12,22H,3,10,13H2,1-2H3,(H,21,25)(H,23,24). The molecule has 2 amide bonds. The molecule has 0 saturated heterocycles. The molecule has 160 valence electrons. The van der Waals surface area contributed by atoms with E-state index in [9.17, 15) is 22.8 Å². The van der Waals surface area contributed by atoms with E-state index in [-0.39, 0.29) is 22.9 Å². The number of ether oxygens (including phenoxy) is 1. The molecule has 0 aromatic heterocycles. The third-order valence-corrected chi connectivity index (χ3v) is 5.35. The Morgan fingerprint density at radius 3 is 2.40 bits per heavy atom. The normalized spacial score (nSPS) is 10.9. The molecule has 2 aromatic rings. The van der Waals surface area contributed by atoms with Crippen LogP contribution in [0.1, 0.15) is 34.1 Å². The lowest BCUT2D eigenvalue weighted by Gasteiger charge is -2.09. The SMILES string of the molecule is CCCNS(=O)(=O)c1cccc(C(=O)OCC(=O)Nc2cccc(C(=O)NC)c2)c1. The number of nitrogens with one attached hydrogen (secondary N) is 3. The van der Waals surface area contributed by atoms with Gasteiger partial charge in [-0.1, -0.05) is 19.1 Å². The molecule has 0 unspecified atom stereocenters. The largest absolute Gasteiger partial charge is 0.452 e. The number of carbonyl (C=O) groups excluding carboxylic acids is 3. The van der Waals surface area contributed by atoms with Crippen LogP contribution in [0.2, 0.25) is 0 Å². The molecule has 10 heteroatoms. The fraction of sp³-hybridized carbons (Fsp3) is 0.250. The Hall–Kier alpha value is -3.24. The van der Waals surface area contributed by atoms with Crippen LogP contribution in [0.25, 0.3) is 0 Å². The van der Waals surface area contributed by atoms with E-state index in [0.29, 0.717) is 17.7 Å². The molecule has 0 aliphatic rings. The van der Waals surface area contributed by atoms with Gasteiger partial charge in [-0.05, 0) is 42.8 Å². The molecular formula is C20H23N3O6S. The minimum atomic E-state index is -3.73. The second-order valence-electron chi connectivity index (χ2n) is 6.21. The molecule has 0 aliphatic carbocycles. The smallest absolute Gasteiger partial charge is 0.338 e. The number of hydrogen-bond acceptors (Lipinski definition) is 6. The summed E-state index contributed by atoms with van der Waals surface area (Å²) in [6.45, 7) is 1.53. The maximum atomic E-state index is 12.2. The Kier molecular flexibility index (Phi) is 8.07. The number of sulfonamides is 1. The number of benzene rings is 2. The van der Waals surface area contributed by atoms with Gasteiger partial charge in [0.25, 0.3) is 11.8 Å². The monoisotopic (exact) mass is 433 g/mol. The van der Waals surface area contributed by atoms with Gasteiger partial charge in [0.1, 0.15) is 0 Å². The van der Waals surface area contributed by atoms with Crippen LogP contribution in [0.15, 0.2) is 53.4 Å². The highest BCUT2D eigenvalue weighted by molar-refractivity contribution is 7.89. The molecule has 9 nitrogen and oxygen atoms in total. The van der Waals surface area contributed by atoms with Gasteiger partial charge in [-0.3, -0.25) is 9.59 Å². The van der Waals surface area contributed by atoms with Crippen molar-refractivity contribution in [3.63, 3.8) is 0 Å². The van der Waals surface area contributed by atoms with E-state index < -0.39 is 28.5 Å². The number of carbonyl (C=O) groups is 3. The van der Waals surface area contributed by atoms with Crippen molar-refractivity contribution in [3.05, 3.63) is 59.7 Å². The summed E-state index contributed by atoms with van der Waals surface area (Å²) < 4.78 is 31.7. The molecule has 0 fully saturated rings. The van der Waals surface area contributed by atoms with Gasteiger partial charge in [-0.2, -0.15) is 0 Å². The molecular weight excluding hydrogens is 410 g/mol. The summed E-state index contributed by atoms with van der Waals surface area (Å²) in [6.07, 6.45) is 0.627. The first-order valence-corrected chi connectivity index (χ1v) is 10.6. The molecule has 0 spiro atoms. The maximum Gasteiger partial charge on any atom is 0.338 e. The molecule has 0 heterocycles. The maximum absolute atomic E-state index is 12.2. The van der Waals surface area contributed by atoms with E-state index in [1.165, 1.54) is 37.4 Å². The van der Waals surface area contributed by atoms with Crippen LogP contribution in [0.3, 0.4) is 0 Å². The van der Waals surface area contributed by atoms with E-state index in [1.807, 2.05) is 6.92 Å². The molecule has 3 N–H and O–H groups in total. The van der Waals surface area contributed by atoms with Gasteiger partial charge in [0.15, 0.2) is 6.61 Å². The van der Waals surface area contributed by atoms with Crippen molar-refractivity contribution in [2.45, 2.75) is 18.2 Å². The van der Waals surface area contributed by atoms with Crippen molar-refractivity contribution in [3.8, 4) is 0 Å². The predicted molar refractivity (Wildman–Crippen MR) is 111 cm³/mol. The van der Waals surface area contributed by atoms with Crippen LogP contribution in [0, 0.1) is 0 Å². The summed E-state index contributed by atoms with van der Waals surface area (Å²) in [5.41, 5.74) is 0.734. The van der Waals surface area contributed by atoms with E-state index in [2.05, 4.69) is 15.4 Å². The highest BCUT2D eigenvalue weighted by atomic mass is 32.2. The van der Waals surface area contributed by atoms with Crippen molar-refractivity contribution < 1.29 is 27.5 Å². The van der Waals surface area contributed by atoms with Crippen molar-refractivity contribution in [2.75, 3.05) is 25.5 Å². The van der Waals surface area contributed by atoms with Gasteiger partial charge in [-0.15, -0.1) is 0 Å². The fourth-order valence-corrected chi connectivity index (χ4v) is 3.58. The lowest BCUT2D eigenvalue weighted by atomic mass is 10.2. The van der Waals surface area contributed by atoms with Crippen molar-refractivity contribution >= 4 is 33.5 Å². The van der Waals surface area contributed by atoms with E-state index in [0.717, 1.165) is 0 Å². The Balaban J connectivity index is 1.98. The van der Waals surface area contributed by atoms with Crippen molar-refractivity contribution in [1.82, 2.24) is 10.0 Å². The second-order valence-corrected chi connectivity index (χ2v) is 7.98. The average Bonchev–Trinajstić information content (AvgIpc) is 2.75. The van der Waals surface area contributed by atoms with Gasteiger partial charge in [0, 0.05) is 24.8 Å². The zero-order chi connectivity index (χ0) is 22.1. The summed E-state index contributed by atoms with van der Waals surface area (Å²) in [5, 5.41) is 5.00. The quantitative estimate of drug-likeness (QED) is 0.514. The lowest BCUT2D eigenvalue weighted by molar-refractivity contribution is -0.119. The van der Waals surface area contributed by atoms with Crippen LogP contribution in [-0.4, -0.2) is 46.4 Å². The second kappa shape index (κ2) is 10.5. The molecule has 30 heavy (non-hydrogen) atoms. The number of amides is 2. The summed E-state index contributed by atoms with van der Waals surface area (Å²) >= 11 is 0. The molecule has 0 saturated carbocycles. The van der Waals surface area contributed by atoms with Crippen LogP contribution in [-0.2, 0) is 19.6 Å². The minimum absolute atomic E-state index is 0.00351. The summed E-state index contributed by atoms with van der Waals surface area (Å²) in [5.74, 6) is -1.75. The topological polar surface area (TPSA) is 131 Å². The van der Waals surface area contributed by atoms with Gasteiger partial charge >= 0.3 is 5.97 Å².